The van der Waals surface area contributed by atoms with Crippen LogP contribution in [0.2, 0.25) is 0 Å². The minimum Gasteiger partial charge on any atom is -0.478 e. The lowest BCUT2D eigenvalue weighted by molar-refractivity contribution is -0.129. The zero-order chi connectivity index (χ0) is 21.1. The number of hydrogen-bond acceptors (Lipinski definition) is 7. The number of hydrogen-bond donors (Lipinski definition) is 2. The van der Waals surface area contributed by atoms with Crippen LogP contribution in [0.25, 0.3) is 0 Å². The van der Waals surface area contributed by atoms with Gasteiger partial charge in [0.2, 0.25) is 5.91 Å². The molecule has 1 aliphatic heterocycles. The number of nitrogens with one attached hydrogen (secondary N) is 1. The normalized spacial score (nSPS) is 12.8. The molecule has 2 amide bonds. The number of aromatic nitrogens is 1. The molecule has 3 heterocycles. The molecule has 0 atom stereocenters. The van der Waals surface area contributed by atoms with Crippen LogP contribution < -0.4 is 5.32 Å². The Morgan fingerprint density at radius 2 is 2.07 bits per heavy atom. The van der Waals surface area contributed by atoms with E-state index in [0.717, 1.165) is 16.6 Å². The third-order valence-electron chi connectivity index (χ3n) is 4.50. The monoisotopic (exact) mass is 417 g/mol. The van der Waals surface area contributed by atoms with Gasteiger partial charge in [0.25, 0.3) is 5.91 Å². The number of amides is 2. The lowest BCUT2D eigenvalue weighted by Crippen LogP contribution is -2.34. The van der Waals surface area contributed by atoms with Gasteiger partial charge in [0.15, 0.2) is 0 Å². The van der Waals surface area contributed by atoms with Crippen molar-refractivity contribution in [3.8, 4) is 0 Å². The third-order valence-corrected chi connectivity index (χ3v) is 5.64. The largest absolute Gasteiger partial charge is 0.478 e. The second kappa shape index (κ2) is 8.39. The summed E-state index contributed by atoms with van der Waals surface area (Å²) in [5, 5.41) is 12.2. The van der Waals surface area contributed by atoms with Crippen LogP contribution in [-0.4, -0.2) is 51.9 Å². The molecule has 10 heteroatoms. The Balaban J connectivity index is 1.99. The first-order valence-electron chi connectivity index (χ1n) is 8.89. The summed E-state index contributed by atoms with van der Waals surface area (Å²) in [4.78, 5) is 54.6. The quantitative estimate of drug-likeness (QED) is 0.714. The fraction of sp³-hybridized carbons (Fsp3) is 0.316. The maximum atomic E-state index is 12.7. The molecule has 0 aliphatic carbocycles. The third kappa shape index (κ3) is 4.11. The van der Waals surface area contributed by atoms with Crippen molar-refractivity contribution in [2.75, 3.05) is 18.5 Å². The lowest BCUT2D eigenvalue weighted by Gasteiger charge is -2.25. The molecule has 2 N–H and O–H groups in total. The van der Waals surface area contributed by atoms with Crippen molar-refractivity contribution >= 4 is 40.1 Å². The Morgan fingerprint density at radius 1 is 1.31 bits per heavy atom. The zero-order valence-electron chi connectivity index (χ0n) is 15.9. The molecule has 2 aromatic heterocycles. The van der Waals surface area contributed by atoms with Crippen molar-refractivity contribution in [1.29, 1.82) is 0 Å². The van der Waals surface area contributed by atoms with Crippen LogP contribution in [0.4, 0.5) is 5.00 Å². The van der Waals surface area contributed by atoms with Crippen LogP contribution in [0.15, 0.2) is 18.5 Å². The summed E-state index contributed by atoms with van der Waals surface area (Å²) in [5.41, 5.74) is 0.689. The SMILES string of the molecule is CCOC(=O)c1c(NC(=O)c2ccncc2C(=O)O)sc2c1CCN(C(C)=O)C2. The van der Waals surface area contributed by atoms with Gasteiger partial charge >= 0.3 is 11.9 Å². The van der Waals surface area contributed by atoms with Crippen molar-refractivity contribution in [2.24, 2.45) is 0 Å². The highest BCUT2D eigenvalue weighted by Gasteiger charge is 2.30. The van der Waals surface area contributed by atoms with Gasteiger partial charge in [0, 0.05) is 30.7 Å². The number of anilines is 1. The number of carbonyl (C=O) groups excluding carboxylic acids is 3. The first-order chi connectivity index (χ1) is 13.8. The molecule has 0 aromatic carbocycles. The van der Waals surface area contributed by atoms with Gasteiger partial charge in [-0.1, -0.05) is 0 Å². The topological polar surface area (TPSA) is 126 Å². The molecule has 152 valence electrons. The lowest BCUT2D eigenvalue weighted by atomic mass is 10.0. The smallest absolute Gasteiger partial charge is 0.341 e. The maximum Gasteiger partial charge on any atom is 0.341 e. The van der Waals surface area contributed by atoms with Crippen LogP contribution in [-0.2, 0) is 22.5 Å². The van der Waals surface area contributed by atoms with E-state index in [2.05, 4.69) is 10.3 Å². The first-order valence-corrected chi connectivity index (χ1v) is 9.71. The second-order valence-electron chi connectivity index (χ2n) is 6.30. The molecule has 29 heavy (non-hydrogen) atoms. The van der Waals surface area contributed by atoms with E-state index in [0.29, 0.717) is 19.5 Å². The number of fused-ring (bicyclic) bond motifs is 1. The molecule has 0 saturated carbocycles. The minimum atomic E-state index is -1.28. The summed E-state index contributed by atoms with van der Waals surface area (Å²) < 4.78 is 5.15. The van der Waals surface area contributed by atoms with Gasteiger partial charge in [-0.3, -0.25) is 14.6 Å². The molecule has 3 rings (SSSR count). The van der Waals surface area contributed by atoms with Gasteiger partial charge in [-0.15, -0.1) is 11.3 Å². The number of carbonyl (C=O) groups is 4. The van der Waals surface area contributed by atoms with Crippen LogP contribution in [0.1, 0.15) is 55.4 Å². The van der Waals surface area contributed by atoms with E-state index < -0.39 is 17.8 Å². The number of aromatic carboxylic acids is 1. The highest BCUT2D eigenvalue weighted by Crippen LogP contribution is 2.38. The van der Waals surface area contributed by atoms with E-state index in [4.69, 9.17) is 4.74 Å². The van der Waals surface area contributed by atoms with E-state index in [9.17, 15) is 24.3 Å². The van der Waals surface area contributed by atoms with Crippen molar-refractivity contribution in [3.05, 3.63) is 45.6 Å². The summed E-state index contributed by atoms with van der Waals surface area (Å²) in [6.45, 7) is 4.14. The van der Waals surface area contributed by atoms with Crippen LogP contribution in [0.5, 0.6) is 0 Å². The van der Waals surface area contributed by atoms with E-state index >= 15 is 0 Å². The first kappa shape index (κ1) is 20.5. The van der Waals surface area contributed by atoms with Gasteiger partial charge in [-0.2, -0.15) is 0 Å². The molecule has 0 fully saturated rings. The predicted octanol–water partition coefficient (Wildman–Crippen LogP) is 2.17. The van der Waals surface area contributed by atoms with E-state index in [1.54, 1.807) is 11.8 Å². The molecular weight excluding hydrogens is 398 g/mol. The predicted molar refractivity (Wildman–Crippen MR) is 104 cm³/mol. The van der Waals surface area contributed by atoms with Crippen LogP contribution in [0.3, 0.4) is 0 Å². The summed E-state index contributed by atoms with van der Waals surface area (Å²) in [6.07, 6.45) is 2.87. The molecule has 0 radical (unpaired) electrons. The fourth-order valence-corrected chi connectivity index (χ4v) is 4.36. The Morgan fingerprint density at radius 3 is 2.72 bits per heavy atom. The zero-order valence-corrected chi connectivity index (χ0v) is 16.7. The molecule has 2 aromatic rings. The molecule has 0 unspecified atom stereocenters. The van der Waals surface area contributed by atoms with Crippen LogP contribution >= 0.6 is 11.3 Å². The van der Waals surface area contributed by atoms with Gasteiger partial charge in [-0.25, -0.2) is 9.59 Å². The molecule has 1 aliphatic rings. The number of rotatable bonds is 5. The van der Waals surface area contributed by atoms with E-state index in [1.807, 2.05) is 0 Å². The summed E-state index contributed by atoms with van der Waals surface area (Å²) in [5.74, 6) is -2.59. The van der Waals surface area contributed by atoms with E-state index in [1.165, 1.54) is 30.5 Å². The second-order valence-corrected chi connectivity index (χ2v) is 7.40. The average Bonchev–Trinajstić information content (AvgIpc) is 3.04. The summed E-state index contributed by atoms with van der Waals surface area (Å²) >= 11 is 1.18. The van der Waals surface area contributed by atoms with Gasteiger partial charge in [-0.05, 0) is 25.0 Å². The van der Waals surface area contributed by atoms with Crippen molar-refractivity contribution in [2.45, 2.75) is 26.8 Å². The number of carboxylic acids is 1. The number of carboxylic acid groups (broad SMARTS) is 1. The Labute approximate surface area is 170 Å². The standard InChI is InChI=1S/C19H19N3O6S/c1-3-28-19(27)15-12-5-7-22(10(2)23)9-14(12)29-17(15)21-16(24)11-4-6-20-8-13(11)18(25)26/h4,6,8H,3,5,7,9H2,1-2H3,(H,21,24)(H,25,26). The van der Waals surface area contributed by atoms with Gasteiger partial charge < -0.3 is 20.1 Å². The summed E-state index contributed by atoms with van der Waals surface area (Å²) in [7, 11) is 0. The Kier molecular flexibility index (Phi) is 5.92. The number of nitrogens with zero attached hydrogens (tertiary/aromatic N) is 2. The van der Waals surface area contributed by atoms with E-state index in [-0.39, 0.29) is 34.2 Å². The molecule has 0 spiro atoms. The van der Waals surface area contributed by atoms with Gasteiger partial charge in [0.1, 0.15) is 5.00 Å². The highest BCUT2D eigenvalue weighted by atomic mass is 32.1. The van der Waals surface area contributed by atoms with Crippen LogP contribution in [0, 0.1) is 0 Å². The molecule has 0 saturated heterocycles. The van der Waals surface area contributed by atoms with Crippen molar-refractivity contribution < 1.29 is 29.0 Å². The van der Waals surface area contributed by atoms with Crippen molar-refractivity contribution in [1.82, 2.24) is 9.88 Å². The van der Waals surface area contributed by atoms with Gasteiger partial charge in [0.05, 0.1) is 29.8 Å². The molecule has 9 nitrogen and oxygen atoms in total. The average molecular weight is 417 g/mol. The number of thiophene rings is 1. The molecule has 0 bridgehead atoms. The molecular formula is C19H19N3O6S. The Hall–Kier alpha value is -3.27. The summed E-state index contributed by atoms with van der Waals surface area (Å²) in [6, 6.07) is 1.30. The number of esters is 1. The number of pyridine rings is 1. The highest BCUT2D eigenvalue weighted by molar-refractivity contribution is 7.17. The van der Waals surface area contributed by atoms with Crippen molar-refractivity contribution in [3.63, 3.8) is 0 Å². The number of ether oxygens (including phenoxy) is 1. The minimum absolute atomic E-state index is 0.0703. The fourth-order valence-electron chi connectivity index (χ4n) is 3.11. The Bertz CT molecular complexity index is 1000. The maximum absolute atomic E-state index is 12.7.